The smallest absolute Gasteiger partial charge is 0.132 e. The minimum Gasteiger partial charge on any atom is -0.393 e. The maximum absolute atomic E-state index is 10.4. The Hall–Kier alpha value is -0.240. The monoisotopic (exact) mass is 360 g/mol. The zero-order valence-electron chi connectivity index (χ0n) is 12.9. The Balaban J connectivity index is 0. The number of hydrogen-bond donors (Lipinski definition) is 4. The van der Waals surface area contributed by atoms with E-state index in [1.165, 1.54) is 13.8 Å². The number of aliphatic hydroxyl groups excluding tert-OH is 4. The van der Waals surface area contributed by atoms with E-state index in [2.05, 4.69) is 0 Å². The number of carbonyl (C=O) groups is 2. The van der Waals surface area contributed by atoms with Crippen LogP contribution in [0.3, 0.4) is 0 Å². The van der Waals surface area contributed by atoms with Crippen molar-refractivity contribution in [3.05, 3.63) is 0 Å². The summed E-state index contributed by atoms with van der Waals surface area (Å²) in [6.07, 6.45) is -2.44. The first-order valence-corrected chi connectivity index (χ1v) is 8.02. The number of ketones is 2. The van der Waals surface area contributed by atoms with Gasteiger partial charge in [0.1, 0.15) is 11.6 Å². The van der Waals surface area contributed by atoms with Crippen LogP contribution in [0.25, 0.3) is 0 Å². The van der Waals surface area contributed by atoms with Gasteiger partial charge in [-0.3, -0.25) is 9.59 Å². The first kappa shape index (κ1) is 24.0. The predicted octanol–water partition coefficient (Wildman–Crippen LogP) is 0.632. The highest BCUT2D eigenvalue weighted by atomic mass is 35.5. The third-order valence-corrected chi connectivity index (χ3v) is 3.20. The maximum atomic E-state index is 10.4. The van der Waals surface area contributed by atoms with Gasteiger partial charge in [-0.05, 0) is 13.8 Å². The average Bonchev–Trinajstić information content (AvgIpc) is 2.36. The molecule has 4 atom stereocenters. The van der Waals surface area contributed by atoms with Crippen molar-refractivity contribution >= 4 is 34.8 Å². The third-order valence-electron chi connectivity index (χ3n) is 2.49. The van der Waals surface area contributed by atoms with Crippen LogP contribution in [-0.4, -0.2) is 68.2 Å². The summed E-state index contributed by atoms with van der Waals surface area (Å²) in [6.45, 7) is 2.80. The largest absolute Gasteiger partial charge is 0.393 e. The lowest BCUT2D eigenvalue weighted by Crippen LogP contribution is -2.20. The van der Waals surface area contributed by atoms with Crippen molar-refractivity contribution in [3.63, 3.8) is 0 Å². The van der Waals surface area contributed by atoms with Gasteiger partial charge in [0.05, 0.1) is 24.4 Å². The number of aliphatic hydroxyl groups is 4. The fraction of sp³-hybridized carbons (Fsp3) is 0.857. The van der Waals surface area contributed by atoms with E-state index in [1.54, 1.807) is 0 Å². The second-order valence-electron chi connectivity index (χ2n) is 5.21. The Morgan fingerprint density at radius 2 is 1.00 bits per heavy atom. The molecule has 0 unspecified atom stereocenters. The highest BCUT2D eigenvalue weighted by Crippen LogP contribution is 2.05. The van der Waals surface area contributed by atoms with Crippen molar-refractivity contribution in [1.29, 1.82) is 0 Å². The molecule has 0 aliphatic heterocycles. The van der Waals surface area contributed by atoms with Crippen LogP contribution in [0, 0.1) is 0 Å². The molecule has 8 heteroatoms. The summed E-state index contributed by atoms with van der Waals surface area (Å²) in [5, 5.41) is 36.0. The van der Waals surface area contributed by atoms with Gasteiger partial charge >= 0.3 is 0 Å². The minimum atomic E-state index is -0.763. The van der Waals surface area contributed by atoms with Crippen LogP contribution in [-0.2, 0) is 9.59 Å². The van der Waals surface area contributed by atoms with Crippen molar-refractivity contribution in [2.75, 3.05) is 11.8 Å². The standard InChI is InChI=1S/2C7H13ClO3/c2*1-5(9)2-6(10)3-7(11)4-8/h2*6-7,10-11H,2-4H2,1H3/t6-,7+;6-,7-/m10/s1. The van der Waals surface area contributed by atoms with Gasteiger partial charge in [0, 0.05) is 37.4 Å². The molecule has 0 saturated carbocycles. The van der Waals surface area contributed by atoms with E-state index in [4.69, 9.17) is 43.6 Å². The van der Waals surface area contributed by atoms with Gasteiger partial charge in [-0.15, -0.1) is 23.2 Å². The van der Waals surface area contributed by atoms with Gasteiger partial charge < -0.3 is 20.4 Å². The number of halogens is 2. The summed E-state index contributed by atoms with van der Waals surface area (Å²) in [7, 11) is 0. The molecule has 6 nitrogen and oxygen atoms in total. The molecular weight excluding hydrogens is 335 g/mol. The summed E-state index contributed by atoms with van der Waals surface area (Å²) >= 11 is 10.6. The molecule has 0 spiro atoms. The zero-order chi connectivity index (χ0) is 17.7. The second kappa shape index (κ2) is 14.4. The molecule has 132 valence electrons. The van der Waals surface area contributed by atoms with Gasteiger partial charge in [-0.2, -0.15) is 0 Å². The Morgan fingerprint density at radius 1 is 0.727 bits per heavy atom. The SMILES string of the molecule is CC(=O)C[C@@H](O)C[C@H](O)CCl.CC(=O)C[C@H](O)C[C@H](O)CCl. The van der Waals surface area contributed by atoms with Crippen molar-refractivity contribution in [1.82, 2.24) is 0 Å². The molecule has 0 saturated heterocycles. The number of alkyl halides is 2. The molecular formula is C14H26Cl2O6. The fourth-order valence-electron chi connectivity index (χ4n) is 1.58. The quantitative estimate of drug-likeness (QED) is 0.425. The van der Waals surface area contributed by atoms with Crippen LogP contribution in [0.4, 0.5) is 0 Å². The van der Waals surface area contributed by atoms with E-state index in [-0.39, 0.29) is 49.0 Å². The number of Topliss-reactive ketones (excluding diaryl/α,β-unsaturated/α-hetero) is 2. The molecule has 0 radical (unpaired) electrons. The fourth-order valence-corrected chi connectivity index (χ4v) is 1.84. The molecule has 0 rings (SSSR count). The van der Waals surface area contributed by atoms with Gasteiger partial charge in [-0.25, -0.2) is 0 Å². The number of rotatable bonds is 10. The molecule has 0 bridgehead atoms. The van der Waals surface area contributed by atoms with Crippen LogP contribution in [0.5, 0.6) is 0 Å². The summed E-state index contributed by atoms with van der Waals surface area (Å²) < 4.78 is 0. The van der Waals surface area contributed by atoms with Gasteiger partial charge in [0.15, 0.2) is 0 Å². The molecule has 0 aliphatic carbocycles. The molecule has 0 heterocycles. The van der Waals surface area contributed by atoms with Crippen LogP contribution in [0.15, 0.2) is 0 Å². The molecule has 0 aromatic heterocycles. The number of hydrogen-bond acceptors (Lipinski definition) is 6. The van der Waals surface area contributed by atoms with E-state index >= 15 is 0 Å². The van der Waals surface area contributed by atoms with E-state index in [9.17, 15) is 9.59 Å². The Bertz CT molecular complexity index is 284. The molecule has 0 fully saturated rings. The summed E-state index contributed by atoms with van der Waals surface area (Å²) in [6, 6.07) is 0. The van der Waals surface area contributed by atoms with E-state index < -0.39 is 24.4 Å². The predicted molar refractivity (Wildman–Crippen MR) is 85.3 cm³/mol. The van der Waals surface area contributed by atoms with Crippen molar-refractivity contribution in [3.8, 4) is 0 Å². The zero-order valence-corrected chi connectivity index (χ0v) is 14.4. The average molecular weight is 361 g/mol. The van der Waals surface area contributed by atoms with Gasteiger partial charge in [0.2, 0.25) is 0 Å². The van der Waals surface area contributed by atoms with E-state index in [0.29, 0.717) is 0 Å². The van der Waals surface area contributed by atoms with Crippen molar-refractivity contribution in [2.24, 2.45) is 0 Å². The first-order valence-electron chi connectivity index (χ1n) is 6.95. The van der Waals surface area contributed by atoms with E-state index in [0.717, 1.165) is 0 Å². The molecule has 22 heavy (non-hydrogen) atoms. The van der Waals surface area contributed by atoms with E-state index in [1.807, 2.05) is 0 Å². The molecule has 0 aliphatic rings. The topological polar surface area (TPSA) is 115 Å². The highest BCUT2D eigenvalue weighted by Gasteiger charge is 2.13. The first-order chi connectivity index (χ1) is 10.1. The van der Waals surface area contributed by atoms with Crippen LogP contribution < -0.4 is 0 Å². The lowest BCUT2D eigenvalue weighted by Gasteiger charge is -2.11. The van der Waals surface area contributed by atoms with Crippen LogP contribution in [0.1, 0.15) is 39.5 Å². The van der Waals surface area contributed by atoms with Gasteiger partial charge in [-0.1, -0.05) is 0 Å². The lowest BCUT2D eigenvalue weighted by molar-refractivity contribution is -0.120. The Kier molecular flexibility index (Phi) is 15.7. The van der Waals surface area contributed by atoms with Crippen LogP contribution >= 0.6 is 23.2 Å². The van der Waals surface area contributed by atoms with Crippen LogP contribution in [0.2, 0.25) is 0 Å². The molecule has 0 amide bonds. The highest BCUT2D eigenvalue weighted by molar-refractivity contribution is 6.18. The summed E-state index contributed by atoms with van der Waals surface area (Å²) in [4.78, 5) is 20.9. The summed E-state index contributed by atoms with van der Waals surface area (Å²) in [5.41, 5.74) is 0. The molecule has 4 N–H and O–H groups in total. The normalized spacial score (nSPS) is 16.0. The van der Waals surface area contributed by atoms with Crippen molar-refractivity contribution in [2.45, 2.75) is 63.9 Å². The number of carbonyl (C=O) groups excluding carboxylic acids is 2. The third kappa shape index (κ3) is 17.8. The van der Waals surface area contributed by atoms with Gasteiger partial charge in [0.25, 0.3) is 0 Å². The Labute approximate surface area is 141 Å². The maximum Gasteiger partial charge on any atom is 0.132 e. The molecule has 0 aromatic carbocycles. The summed E-state index contributed by atoms with van der Waals surface area (Å²) in [5.74, 6) is 0.0164. The molecule has 0 aromatic rings. The van der Waals surface area contributed by atoms with Crippen molar-refractivity contribution < 1.29 is 30.0 Å². The Morgan fingerprint density at radius 3 is 1.18 bits per heavy atom. The lowest BCUT2D eigenvalue weighted by atomic mass is 10.1. The second-order valence-corrected chi connectivity index (χ2v) is 5.82. The minimum absolute atomic E-state index is 0.0840.